The summed E-state index contributed by atoms with van der Waals surface area (Å²) in [5.74, 6) is 1.44. The lowest BCUT2D eigenvalue weighted by molar-refractivity contribution is 0.198. The summed E-state index contributed by atoms with van der Waals surface area (Å²) in [6, 6.07) is 11.2. The molecular weight excluding hydrogens is 330 g/mol. The van der Waals surface area contributed by atoms with Crippen LogP contribution >= 0.6 is 15.9 Å². The maximum absolute atomic E-state index is 9.63. The van der Waals surface area contributed by atoms with Crippen molar-refractivity contribution in [3.63, 3.8) is 0 Å². The molecule has 0 saturated carbocycles. The highest BCUT2D eigenvalue weighted by molar-refractivity contribution is 9.10. The third kappa shape index (κ3) is 3.44. The lowest BCUT2D eigenvalue weighted by Crippen LogP contribution is -1.95. The van der Waals surface area contributed by atoms with Gasteiger partial charge in [-0.05, 0) is 61.7 Å². The van der Waals surface area contributed by atoms with Crippen molar-refractivity contribution in [1.29, 1.82) is 5.26 Å². The third-order valence-electron chi connectivity index (χ3n) is 3.23. The molecule has 21 heavy (non-hydrogen) atoms. The lowest BCUT2D eigenvalue weighted by Gasteiger charge is -2.14. The van der Waals surface area contributed by atoms with Crippen molar-refractivity contribution in [2.45, 2.75) is 26.9 Å². The highest BCUT2D eigenvalue weighted by Gasteiger charge is 2.11. The van der Waals surface area contributed by atoms with E-state index in [-0.39, 0.29) is 0 Å². The van der Waals surface area contributed by atoms with Crippen molar-refractivity contribution < 1.29 is 9.84 Å². The molecule has 0 saturated heterocycles. The largest absolute Gasteiger partial charge is 0.457 e. The van der Waals surface area contributed by atoms with Gasteiger partial charge in [0.05, 0.1) is 17.7 Å². The molecule has 108 valence electrons. The molecule has 2 aromatic carbocycles. The van der Waals surface area contributed by atoms with Gasteiger partial charge in [-0.15, -0.1) is 0 Å². The van der Waals surface area contributed by atoms with E-state index in [1.54, 1.807) is 6.92 Å². The Morgan fingerprint density at radius 1 is 1.19 bits per heavy atom. The van der Waals surface area contributed by atoms with Gasteiger partial charge in [0.1, 0.15) is 11.5 Å². The first-order valence-corrected chi connectivity index (χ1v) is 7.38. The zero-order valence-corrected chi connectivity index (χ0v) is 13.7. The zero-order chi connectivity index (χ0) is 15.6. The summed E-state index contributed by atoms with van der Waals surface area (Å²) in [4.78, 5) is 0. The van der Waals surface area contributed by atoms with E-state index in [2.05, 4.69) is 22.0 Å². The number of benzene rings is 2. The minimum Gasteiger partial charge on any atom is -0.457 e. The molecule has 0 bridgehead atoms. The SMILES string of the molecule is Cc1cc(C#N)cc(C)c1Oc1ccc([C@@H](C)O)c(Br)c1. The smallest absolute Gasteiger partial charge is 0.133 e. The number of halogens is 1. The third-order valence-corrected chi connectivity index (χ3v) is 3.92. The lowest BCUT2D eigenvalue weighted by atomic mass is 10.1. The van der Waals surface area contributed by atoms with Crippen LogP contribution in [0.3, 0.4) is 0 Å². The molecule has 0 unspecified atom stereocenters. The second-order valence-corrected chi connectivity index (χ2v) is 5.87. The standard InChI is InChI=1S/C17H16BrNO2/c1-10-6-13(9-19)7-11(2)17(10)21-14-4-5-15(12(3)20)16(18)8-14/h4-8,12,20H,1-3H3/t12-/m1/s1. The van der Waals surface area contributed by atoms with Crippen LogP contribution < -0.4 is 4.74 Å². The van der Waals surface area contributed by atoms with E-state index in [0.29, 0.717) is 11.3 Å². The number of hydrogen-bond acceptors (Lipinski definition) is 3. The topological polar surface area (TPSA) is 53.2 Å². The van der Waals surface area contributed by atoms with Crippen molar-refractivity contribution in [3.05, 3.63) is 57.1 Å². The minimum absolute atomic E-state index is 0.535. The van der Waals surface area contributed by atoms with E-state index in [1.165, 1.54) is 0 Å². The van der Waals surface area contributed by atoms with Crippen molar-refractivity contribution in [2.24, 2.45) is 0 Å². The van der Waals surface area contributed by atoms with Crippen LogP contribution in [0.25, 0.3) is 0 Å². The molecule has 0 aliphatic rings. The molecule has 0 radical (unpaired) electrons. The number of ether oxygens (including phenoxy) is 1. The Balaban J connectivity index is 2.35. The van der Waals surface area contributed by atoms with Crippen molar-refractivity contribution in [1.82, 2.24) is 0 Å². The van der Waals surface area contributed by atoms with Crippen LogP contribution in [0.4, 0.5) is 0 Å². The molecule has 0 aliphatic carbocycles. The molecule has 0 aliphatic heterocycles. The maximum Gasteiger partial charge on any atom is 0.133 e. The Morgan fingerprint density at radius 3 is 2.29 bits per heavy atom. The average Bonchev–Trinajstić information content (AvgIpc) is 2.42. The number of nitrogens with zero attached hydrogens (tertiary/aromatic N) is 1. The highest BCUT2D eigenvalue weighted by atomic mass is 79.9. The fourth-order valence-electron chi connectivity index (χ4n) is 2.20. The van der Waals surface area contributed by atoms with Crippen molar-refractivity contribution >= 4 is 15.9 Å². The Morgan fingerprint density at radius 2 is 1.81 bits per heavy atom. The Kier molecular flexibility index (Phi) is 4.66. The normalized spacial score (nSPS) is 11.8. The molecule has 0 amide bonds. The van der Waals surface area contributed by atoms with Crippen LogP contribution in [0.1, 0.15) is 35.3 Å². The number of aliphatic hydroxyl groups excluding tert-OH is 1. The first kappa shape index (κ1) is 15.6. The molecule has 2 aromatic rings. The summed E-state index contributed by atoms with van der Waals surface area (Å²) in [7, 11) is 0. The van der Waals surface area contributed by atoms with Gasteiger partial charge in [0.2, 0.25) is 0 Å². The quantitative estimate of drug-likeness (QED) is 0.870. The van der Waals surface area contributed by atoms with Crippen LogP contribution in [-0.2, 0) is 0 Å². The van der Waals surface area contributed by atoms with Crippen LogP contribution in [0.2, 0.25) is 0 Å². The fourth-order valence-corrected chi connectivity index (χ4v) is 2.89. The molecule has 0 fully saturated rings. The number of hydrogen-bond donors (Lipinski definition) is 1. The Hall–Kier alpha value is -1.83. The van der Waals surface area contributed by atoms with Gasteiger partial charge in [0, 0.05) is 4.47 Å². The molecule has 3 nitrogen and oxygen atoms in total. The summed E-state index contributed by atoms with van der Waals surface area (Å²) >= 11 is 3.44. The van der Waals surface area contributed by atoms with E-state index in [1.807, 2.05) is 44.2 Å². The van der Waals surface area contributed by atoms with Crippen LogP contribution in [0, 0.1) is 25.2 Å². The van der Waals surface area contributed by atoms with Gasteiger partial charge in [-0.1, -0.05) is 22.0 Å². The van der Waals surface area contributed by atoms with Gasteiger partial charge < -0.3 is 9.84 Å². The maximum atomic E-state index is 9.63. The summed E-state index contributed by atoms with van der Waals surface area (Å²) in [5, 5.41) is 18.6. The predicted molar refractivity (Wildman–Crippen MR) is 85.5 cm³/mol. The van der Waals surface area contributed by atoms with E-state index < -0.39 is 6.10 Å². The molecule has 1 atom stereocenters. The number of aryl methyl sites for hydroxylation is 2. The zero-order valence-electron chi connectivity index (χ0n) is 12.1. The van der Waals surface area contributed by atoms with E-state index in [4.69, 9.17) is 10.00 Å². The van der Waals surface area contributed by atoms with E-state index in [0.717, 1.165) is 26.9 Å². The second kappa shape index (κ2) is 6.30. The van der Waals surface area contributed by atoms with Gasteiger partial charge in [0.15, 0.2) is 0 Å². The predicted octanol–water partition coefficient (Wildman–Crippen LogP) is 4.78. The number of rotatable bonds is 3. The van der Waals surface area contributed by atoms with Gasteiger partial charge in [0.25, 0.3) is 0 Å². The number of nitriles is 1. The first-order valence-electron chi connectivity index (χ1n) is 6.59. The molecule has 1 N–H and O–H groups in total. The van der Waals surface area contributed by atoms with Crippen LogP contribution in [0.15, 0.2) is 34.8 Å². The van der Waals surface area contributed by atoms with Gasteiger partial charge in [-0.25, -0.2) is 0 Å². The summed E-state index contributed by atoms with van der Waals surface area (Å²) < 4.78 is 6.74. The van der Waals surface area contributed by atoms with Gasteiger partial charge in [-0.2, -0.15) is 5.26 Å². The molecule has 0 spiro atoms. The summed E-state index contributed by atoms with van der Waals surface area (Å²) in [6.07, 6.45) is -0.535. The molecule has 4 heteroatoms. The van der Waals surface area contributed by atoms with Gasteiger partial charge in [-0.3, -0.25) is 0 Å². The molecule has 2 rings (SSSR count). The second-order valence-electron chi connectivity index (χ2n) is 5.01. The highest BCUT2D eigenvalue weighted by Crippen LogP contribution is 2.33. The van der Waals surface area contributed by atoms with E-state index in [9.17, 15) is 5.11 Å². The summed E-state index contributed by atoms with van der Waals surface area (Å²) in [6.45, 7) is 5.56. The van der Waals surface area contributed by atoms with E-state index >= 15 is 0 Å². The minimum atomic E-state index is -0.535. The Labute approximate surface area is 132 Å². The summed E-state index contributed by atoms with van der Waals surface area (Å²) in [5.41, 5.74) is 3.28. The fraction of sp³-hybridized carbons (Fsp3) is 0.235. The van der Waals surface area contributed by atoms with Crippen LogP contribution in [0.5, 0.6) is 11.5 Å². The molecule has 0 heterocycles. The molecular formula is C17H16BrNO2. The van der Waals surface area contributed by atoms with Crippen LogP contribution in [-0.4, -0.2) is 5.11 Å². The monoisotopic (exact) mass is 345 g/mol. The van der Waals surface area contributed by atoms with Crippen molar-refractivity contribution in [2.75, 3.05) is 0 Å². The number of aliphatic hydroxyl groups is 1. The van der Waals surface area contributed by atoms with Gasteiger partial charge >= 0.3 is 0 Å². The average molecular weight is 346 g/mol. The Bertz CT molecular complexity index is 694. The first-order chi connectivity index (χ1) is 9.92. The molecule has 0 aromatic heterocycles. The van der Waals surface area contributed by atoms with Crippen molar-refractivity contribution in [3.8, 4) is 17.6 Å².